The molecule has 0 bridgehead atoms. The highest BCUT2D eigenvalue weighted by atomic mass is 35.5. The molecule has 1 aliphatic rings. The third-order valence-corrected chi connectivity index (χ3v) is 5.30. The molecule has 0 saturated heterocycles. The van der Waals surface area contributed by atoms with E-state index in [1.165, 1.54) is 22.9 Å². The van der Waals surface area contributed by atoms with Gasteiger partial charge in [-0.2, -0.15) is 0 Å². The van der Waals surface area contributed by atoms with Gasteiger partial charge in [-0.25, -0.2) is 13.1 Å². The first kappa shape index (κ1) is 18.2. The number of hydrogen-bond donors (Lipinski definition) is 1. The van der Waals surface area contributed by atoms with Crippen molar-refractivity contribution in [1.82, 2.24) is 4.72 Å². The molecule has 0 saturated carbocycles. The lowest BCUT2D eigenvalue weighted by atomic mass is 10.1. The van der Waals surface area contributed by atoms with E-state index in [9.17, 15) is 8.42 Å². The van der Waals surface area contributed by atoms with E-state index in [1.54, 1.807) is 0 Å². The van der Waals surface area contributed by atoms with Crippen LogP contribution in [0.2, 0.25) is 5.02 Å². The summed E-state index contributed by atoms with van der Waals surface area (Å²) in [7, 11) is -3.10. The smallest absolute Gasteiger partial charge is 0.208 e. The number of hydrogen-bond acceptors (Lipinski definition) is 3. The molecule has 0 fully saturated rings. The Bertz CT molecular complexity index is 834. The van der Waals surface area contributed by atoms with Crippen LogP contribution in [0.4, 0.5) is 0 Å². The number of nitrogens with one attached hydrogen (secondary N) is 1. The van der Waals surface area contributed by atoms with Crippen LogP contribution in [0.1, 0.15) is 35.6 Å². The fourth-order valence-corrected chi connectivity index (χ4v) is 3.83. The summed E-state index contributed by atoms with van der Waals surface area (Å²) < 4.78 is 30.7. The van der Waals surface area contributed by atoms with Gasteiger partial charge >= 0.3 is 0 Å². The van der Waals surface area contributed by atoms with Gasteiger partial charge in [0.2, 0.25) is 10.0 Å². The molecule has 25 heavy (non-hydrogen) atoms. The molecule has 4 nitrogen and oxygen atoms in total. The molecular formula is C19H22ClNO3S. The molecule has 6 heteroatoms. The molecule has 0 radical (unpaired) electrons. The molecule has 1 aliphatic carbocycles. The average molecular weight is 380 g/mol. The lowest BCUT2D eigenvalue weighted by Gasteiger charge is -2.15. The first-order chi connectivity index (χ1) is 11.9. The minimum absolute atomic E-state index is 0.0806. The molecule has 0 amide bonds. The average Bonchev–Trinajstić information content (AvgIpc) is 2.94. The molecule has 1 atom stereocenters. The standard InChI is InChI=1S/C19H22ClNO3S/c1-25(22,23)21-12-2-3-14-4-8-17(9-5-14)24-19-11-6-15-13-16(20)7-10-18(15)19/h4-5,7-10,13,19,21H,2-3,6,11-12H2,1H3. The summed E-state index contributed by atoms with van der Waals surface area (Å²) in [6, 6.07) is 14.0. The Labute approximate surface area is 154 Å². The molecule has 3 rings (SSSR count). The van der Waals surface area contributed by atoms with Gasteiger partial charge in [-0.15, -0.1) is 0 Å². The number of fused-ring (bicyclic) bond motifs is 1. The molecule has 0 heterocycles. The predicted molar refractivity (Wildman–Crippen MR) is 101 cm³/mol. The second-order valence-corrected chi connectivity index (χ2v) is 8.67. The number of ether oxygens (including phenoxy) is 1. The second-order valence-electron chi connectivity index (χ2n) is 6.40. The summed E-state index contributed by atoms with van der Waals surface area (Å²) in [5.41, 5.74) is 3.66. The van der Waals surface area contributed by atoms with Crippen LogP contribution >= 0.6 is 11.6 Å². The van der Waals surface area contributed by atoms with Gasteiger partial charge in [-0.1, -0.05) is 29.8 Å². The molecular weight excluding hydrogens is 358 g/mol. The molecule has 1 unspecified atom stereocenters. The van der Waals surface area contributed by atoms with Crippen molar-refractivity contribution >= 4 is 21.6 Å². The second kappa shape index (κ2) is 7.77. The van der Waals surface area contributed by atoms with Crippen LogP contribution in [-0.2, 0) is 22.9 Å². The molecule has 0 aromatic heterocycles. The van der Waals surface area contributed by atoms with E-state index in [1.807, 2.05) is 36.4 Å². The fourth-order valence-electron chi connectivity index (χ4n) is 3.12. The van der Waals surface area contributed by atoms with Crippen LogP contribution in [0.25, 0.3) is 0 Å². The number of aryl methyl sites for hydroxylation is 2. The maximum atomic E-state index is 11.0. The SMILES string of the molecule is CS(=O)(=O)NCCCc1ccc(OC2CCc3cc(Cl)ccc32)cc1. The summed E-state index contributed by atoms with van der Waals surface area (Å²) in [6.45, 7) is 0.457. The van der Waals surface area contributed by atoms with Gasteiger partial charge in [0.05, 0.1) is 6.26 Å². The van der Waals surface area contributed by atoms with Crippen molar-refractivity contribution in [1.29, 1.82) is 0 Å². The molecule has 2 aromatic rings. The van der Waals surface area contributed by atoms with Crippen molar-refractivity contribution in [3.8, 4) is 5.75 Å². The topological polar surface area (TPSA) is 55.4 Å². The van der Waals surface area contributed by atoms with E-state index in [4.69, 9.17) is 16.3 Å². The minimum atomic E-state index is -3.10. The Morgan fingerprint density at radius 1 is 1.20 bits per heavy atom. The summed E-state index contributed by atoms with van der Waals surface area (Å²) in [5, 5.41) is 0.772. The largest absolute Gasteiger partial charge is 0.486 e. The minimum Gasteiger partial charge on any atom is -0.486 e. The number of halogens is 1. The van der Waals surface area contributed by atoms with Gasteiger partial charge in [0.15, 0.2) is 0 Å². The summed E-state index contributed by atoms with van der Waals surface area (Å²) in [5.74, 6) is 0.853. The zero-order valence-electron chi connectivity index (χ0n) is 14.2. The molecule has 1 N–H and O–H groups in total. The zero-order valence-corrected chi connectivity index (χ0v) is 15.7. The third-order valence-electron chi connectivity index (χ3n) is 4.34. The normalized spacial score (nSPS) is 16.6. The van der Waals surface area contributed by atoms with Gasteiger partial charge in [-0.3, -0.25) is 0 Å². The van der Waals surface area contributed by atoms with Gasteiger partial charge in [0, 0.05) is 11.6 Å². The first-order valence-electron chi connectivity index (χ1n) is 8.39. The van der Waals surface area contributed by atoms with E-state index in [-0.39, 0.29) is 6.10 Å². The van der Waals surface area contributed by atoms with E-state index in [2.05, 4.69) is 10.8 Å². The lowest BCUT2D eigenvalue weighted by molar-refractivity contribution is 0.207. The Morgan fingerprint density at radius 3 is 2.68 bits per heavy atom. The van der Waals surface area contributed by atoms with E-state index in [0.29, 0.717) is 6.54 Å². The fraction of sp³-hybridized carbons (Fsp3) is 0.368. The highest BCUT2D eigenvalue weighted by molar-refractivity contribution is 7.88. The van der Waals surface area contributed by atoms with Crippen molar-refractivity contribution in [3.05, 3.63) is 64.2 Å². The van der Waals surface area contributed by atoms with Crippen molar-refractivity contribution in [3.63, 3.8) is 0 Å². The van der Waals surface area contributed by atoms with Gasteiger partial charge < -0.3 is 4.74 Å². The maximum Gasteiger partial charge on any atom is 0.208 e. The highest BCUT2D eigenvalue weighted by Gasteiger charge is 2.24. The quantitative estimate of drug-likeness (QED) is 0.742. The van der Waals surface area contributed by atoms with Crippen molar-refractivity contribution < 1.29 is 13.2 Å². The summed E-state index contributed by atoms with van der Waals surface area (Å²) >= 11 is 6.05. The summed E-state index contributed by atoms with van der Waals surface area (Å²) in [4.78, 5) is 0. The Hall–Kier alpha value is -1.56. The first-order valence-corrected chi connectivity index (χ1v) is 10.7. The Balaban J connectivity index is 1.54. The number of rotatable bonds is 7. The van der Waals surface area contributed by atoms with Crippen LogP contribution in [0.15, 0.2) is 42.5 Å². The van der Waals surface area contributed by atoms with E-state index in [0.717, 1.165) is 36.5 Å². The van der Waals surface area contributed by atoms with Gasteiger partial charge in [-0.05, 0) is 66.6 Å². The maximum absolute atomic E-state index is 11.0. The van der Waals surface area contributed by atoms with Crippen LogP contribution in [0.3, 0.4) is 0 Å². The molecule has 0 spiro atoms. The van der Waals surface area contributed by atoms with E-state index >= 15 is 0 Å². The lowest BCUT2D eigenvalue weighted by Crippen LogP contribution is -2.23. The van der Waals surface area contributed by atoms with Crippen molar-refractivity contribution in [2.45, 2.75) is 31.8 Å². The Morgan fingerprint density at radius 2 is 1.96 bits per heavy atom. The van der Waals surface area contributed by atoms with Crippen LogP contribution < -0.4 is 9.46 Å². The van der Waals surface area contributed by atoms with E-state index < -0.39 is 10.0 Å². The number of sulfonamides is 1. The summed E-state index contributed by atoms with van der Waals surface area (Å²) in [6.07, 6.45) is 4.81. The molecule has 0 aliphatic heterocycles. The Kier molecular flexibility index (Phi) is 5.67. The van der Waals surface area contributed by atoms with Crippen LogP contribution in [-0.4, -0.2) is 21.2 Å². The molecule has 134 valence electrons. The van der Waals surface area contributed by atoms with Gasteiger partial charge in [0.1, 0.15) is 11.9 Å². The predicted octanol–water partition coefficient (Wildman–Crippen LogP) is 3.89. The molecule has 2 aromatic carbocycles. The van der Waals surface area contributed by atoms with Gasteiger partial charge in [0.25, 0.3) is 0 Å². The van der Waals surface area contributed by atoms with Crippen molar-refractivity contribution in [2.75, 3.05) is 12.8 Å². The van der Waals surface area contributed by atoms with Crippen molar-refractivity contribution in [2.24, 2.45) is 0 Å². The third kappa shape index (κ3) is 5.21. The van der Waals surface area contributed by atoms with Crippen LogP contribution in [0, 0.1) is 0 Å². The monoisotopic (exact) mass is 379 g/mol. The number of benzene rings is 2. The highest BCUT2D eigenvalue weighted by Crippen LogP contribution is 2.36. The zero-order chi connectivity index (χ0) is 17.9. The van der Waals surface area contributed by atoms with Crippen LogP contribution in [0.5, 0.6) is 5.75 Å².